The Kier molecular flexibility index (Phi) is 3.25. The lowest BCUT2D eigenvalue weighted by Gasteiger charge is -2.28. The van der Waals surface area contributed by atoms with Crippen molar-refractivity contribution in [2.75, 3.05) is 6.61 Å². The molecule has 0 saturated carbocycles. The van der Waals surface area contributed by atoms with Gasteiger partial charge in [-0.15, -0.1) is 0 Å². The molecule has 2 N–H and O–H groups in total. The van der Waals surface area contributed by atoms with Crippen LogP contribution in [0.2, 0.25) is 0 Å². The average Bonchev–Trinajstić information content (AvgIpc) is 2.29. The monoisotopic (exact) mass is 232 g/mol. The Bertz CT molecular complexity index is 458. The number of hydrogen-bond donors (Lipinski definition) is 2. The Morgan fingerprint density at radius 2 is 2.06 bits per heavy atom. The maximum atomic E-state index is 9.80. The summed E-state index contributed by atoms with van der Waals surface area (Å²) in [6.45, 7) is 6.40. The van der Waals surface area contributed by atoms with Gasteiger partial charge >= 0.3 is 0 Å². The molecule has 1 atom stereocenters. The van der Waals surface area contributed by atoms with Gasteiger partial charge in [-0.1, -0.05) is 26.0 Å². The van der Waals surface area contributed by atoms with Crippen molar-refractivity contribution in [3.05, 3.63) is 34.9 Å². The largest absolute Gasteiger partial charge is 0.508 e. The summed E-state index contributed by atoms with van der Waals surface area (Å²) in [5.41, 5.74) is 4.13. The minimum Gasteiger partial charge on any atom is -0.508 e. The van der Waals surface area contributed by atoms with Crippen molar-refractivity contribution in [3.8, 4) is 5.75 Å². The second-order valence-corrected chi connectivity index (χ2v) is 5.20. The molecule has 2 heteroatoms. The summed E-state index contributed by atoms with van der Waals surface area (Å²) in [5, 5.41) is 19.2. The van der Waals surface area contributed by atoms with Crippen LogP contribution in [0.4, 0.5) is 0 Å². The zero-order valence-electron chi connectivity index (χ0n) is 10.7. The zero-order chi connectivity index (χ0) is 12.6. The molecular formula is C15H20O2. The maximum absolute atomic E-state index is 9.80. The predicted molar refractivity (Wildman–Crippen MR) is 70.1 cm³/mol. The van der Waals surface area contributed by atoms with Gasteiger partial charge in [-0.3, -0.25) is 0 Å². The van der Waals surface area contributed by atoms with Crippen molar-refractivity contribution < 1.29 is 10.2 Å². The number of hydrogen-bond acceptors (Lipinski definition) is 2. The molecule has 0 fully saturated rings. The van der Waals surface area contributed by atoms with E-state index in [4.69, 9.17) is 0 Å². The third-order valence-corrected chi connectivity index (χ3v) is 3.71. The second-order valence-electron chi connectivity index (χ2n) is 5.20. The minimum atomic E-state index is 0.0420. The molecular weight excluding hydrogens is 212 g/mol. The van der Waals surface area contributed by atoms with E-state index in [9.17, 15) is 10.2 Å². The van der Waals surface area contributed by atoms with Crippen LogP contribution in [0.5, 0.6) is 5.75 Å². The lowest BCUT2D eigenvalue weighted by atomic mass is 9.77. The van der Waals surface area contributed by atoms with E-state index in [2.05, 4.69) is 26.0 Å². The summed E-state index contributed by atoms with van der Waals surface area (Å²) in [5.74, 6) is 1.36. The third kappa shape index (κ3) is 2.09. The number of allylic oxidation sites excluding steroid dienone is 1. The highest BCUT2D eigenvalue weighted by Gasteiger charge is 2.24. The molecule has 1 unspecified atom stereocenters. The van der Waals surface area contributed by atoms with Gasteiger partial charge in [-0.05, 0) is 53.5 Å². The van der Waals surface area contributed by atoms with Gasteiger partial charge in [-0.2, -0.15) is 0 Å². The third-order valence-electron chi connectivity index (χ3n) is 3.71. The molecule has 2 nitrogen and oxygen atoms in total. The summed E-state index contributed by atoms with van der Waals surface area (Å²) in [4.78, 5) is 0. The van der Waals surface area contributed by atoms with Crippen molar-refractivity contribution in [1.82, 2.24) is 0 Å². The molecule has 0 spiro atoms. The number of aromatic hydroxyl groups is 1. The Labute approximate surface area is 103 Å². The van der Waals surface area contributed by atoms with Crippen LogP contribution < -0.4 is 0 Å². The SMILES string of the molecule is Cc1cc2c(cc1O)C(CO)=CCC2C(C)C. The van der Waals surface area contributed by atoms with Gasteiger partial charge < -0.3 is 10.2 Å². The van der Waals surface area contributed by atoms with Crippen molar-refractivity contribution in [2.45, 2.75) is 33.1 Å². The van der Waals surface area contributed by atoms with Gasteiger partial charge in [0.2, 0.25) is 0 Å². The van der Waals surface area contributed by atoms with Crippen LogP contribution in [0.3, 0.4) is 0 Å². The van der Waals surface area contributed by atoms with E-state index in [0.29, 0.717) is 17.6 Å². The van der Waals surface area contributed by atoms with Crippen molar-refractivity contribution in [3.63, 3.8) is 0 Å². The number of fused-ring (bicyclic) bond motifs is 1. The highest BCUT2D eigenvalue weighted by atomic mass is 16.3. The van der Waals surface area contributed by atoms with E-state index in [1.807, 2.05) is 6.92 Å². The molecule has 1 aromatic rings. The predicted octanol–water partition coefficient (Wildman–Crippen LogP) is 3.22. The number of benzene rings is 1. The molecule has 1 aliphatic carbocycles. The molecule has 0 aromatic heterocycles. The fourth-order valence-electron chi connectivity index (χ4n) is 2.59. The number of aryl methyl sites for hydroxylation is 1. The second kappa shape index (κ2) is 4.53. The molecule has 1 aliphatic rings. The molecule has 17 heavy (non-hydrogen) atoms. The zero-order valence-corrected chi connectivity index (χ0v) is 10.7. The van der Waals surface area contributed by atoms with Crippen molar-refractivity contribution >= 4 is 5.57 Å². The maximum Gasteiger partial charge on any atom is 0.119 e. The highest BCUT2D eigenvalue weighted by molar-refractivity contribution is 5.73. The van der Waals surface area contributed by atoms with Crippen LogP contribution in [0, 0.1) is 12.8 Å². The quantitative estimate of drug-likeness (QED) is 0.822. The van der Waals surface area contributed by atoms with Gasteiger partial charge in [0.25, 0.3) is 0 Å². The van der Waals surface area contributed by atoms with Gasteiger partial charge in [0.15, 0.2) is 0 Å². The number of phenolic OH excluding ortho intramolecular Hbond substituents is 1. The molecule has 0 heterocycles. The topological polar surface area (TPSA) is 40.5 Å². The Hall–Kier alpha value is -1.28. The fourth-order valence-corrected chi connectivity index (χ4v) is 2.59. The van der Waals surface area contributed by atoms with Crippen LogP contribution >= 0.6 is 0 Å². The van der Waals surface area contributed by atoms with Crippen LogP contribution in [-0.4, -0.2) is 16.8 Å². The van der Waals surface area contributed by atoms with Gasteiger partial charge in [-0.25, -0.2) is 0 Å². The van der Waals surface area contributed by atoms with Crippen LogP contribution in [0.1, 0.15) is 42.9 Å². The first-order chi connectivity index (χ1) is 8.04. The molecule has 0 saturated heterocycles. The first kappa shape index (κ1) is 12.2. The van der Waals surface area contributed by atoms with E-state index < -0.39 is 0 Å². The van der Waals surface area contributed by atoms with Gasteiger partial charge in [0, 0.05) is 0 Å². The standard InChI is InChI=1S/C15H20O2/c1-9(2)12-5-4-11(8-16)13-7-15(17)10(3)6-14(12)13/h4,6-7,9,12,16-17H,5,8H2,1-3H3. The van der Waals surface area contributed by atoms with Crippen LogP contribution in [-0.2, 0) is 0 Å². The molecule has 0 radical (unpaired) electrons. The number of aliphatic hydroxyl groups is 1. The molecule has 0 amide bonds. The summed E-state index contributed by atoms with van der Waals surface area (Å²) >= 11 is 0. The highest BCUT2D eigenvalue weighted by Crippen LogP contribution is 2.40. The Balaban J connectivity index is 2.58. The smallest absolute Gasteiger partial charge is 0.119 e. The molecule has 1 aromatic carbocycles. The molecule has 0 bridgehead atoms. The van der Waals surface area contributed by atoms with Crippen LogP contribution in [0.15, 0.2) is 18.2 Å². The lowest BCUT2D eigenvalue weighted by molar-refractivity contribution is 0.348. The summed E-state index contributed by atoms with van der Waals surface area (Å²) in [7, 11) is 0. The molecule has 0 aliphatic heterocycles. The lowest BCUT2D eigenvalue weighted by Crippen LogP contribution is -2.14. The Morgan fingerprint density at radius 1 is 1.35 bits per heavy atom. The number of phenols is 1. The first-order valence-electron chi connectivity index (χ1n) is 6.18. The number of aliphatic hydroxyl groups excluding tert-OH is 1. The van der Waals surface area contributed by atoms with Crippen molar-refractivity contribution in [1.29, 1.82) is 0 Å². The first-order valence-corrected chi connectivity index (χ1v) is 6.18. The summed E-state index contributed by atoms with van der Waals surface area (Å²) < 4.78 is 0. The van der Waals surface area contributed by atoms with E-state index in [-0.39, 0.29) is 6.61 Å². The minimum absolute atomic E-state index is 0.0420. The van der Waals surface area contributed by atoms with Gasteiger partial charge in [0.05, 0.1) is 6.61 Å². The average molecular weight is 232 g/mol. The molecule has 92 valence electrons. The summed E-state index contributed by atoms with van der Waals surface area (Å²) in [6, 6.07) is 3.86. The Morgan fingerprint density at radius 3 is 2.65 bits per heavy atom. The normalized spacial score (nSPS) is 19.1. The van der Waals surface area contributed by atoms with Crippen LogP contribution in [0.25, 0.3) is 5.57 Å². The summed E-state index contributed by atoms with van der Waals surface area (Å²) in [6.07, 6.45) is 3.08. The van der Waals surface area contributed by atoms with E-state index in [0.717, 1.165) is 23.1 Å². The van der Waals surface area contributed by atoms with Gasteiger partial charge in [0.1, 0.15) is 5.75 Å². The van der Waals surface area contributed by atoms with Crippen molar-refractivity contribution in [2.24, 2.45) is 5.92 Å². The molecule has 2 rings (SSSR count). The van der Waals surface area contributed by atoms with E-state index in [1.54, 1.807) is 6.07 Å². The number of rotatable bonds is 2. The van der Waals surface area contributed by atoms with E-state index >= 15 is 0 Å². The van der Waals surface area contributed by atoms with E-state index in [1.165, 1.54) is 5.56 Å². The fraction of sp³-hybridized carbons (Fsp3) is 0.467.